The van der Waals surface area contributed by atoms with E-state index in [9.17, 15) is 14.7 Å². The van der Waals surface area contributed by atoms with E-state index in [1.54, 1.807) is 14.0 Å². The maximum absolute atomic E-state index is 13.0. The normalized spacial score (nSPS) is 23.2. The molecular formula is C27H36N2O8. The fourth-order valence-corrected chi connectivity index (χ4v) is 4.16. The number of hydrogen-bond donors (Lipinski definition) is 2. The van der Waals surface area contributed by atoms with Crippen molar-refractivity contribution < 1.29 is 38.4 Å². The van der Waals surface area contributed by atoms with E-state index in [4.69, 9.17) is 23.7 Å². The molecule has 5 atom stereocenters. The van der Waals surface area contributed by atoms with E-state index in [0.717, 1.165) is 5.56 Å². The van der Waals surface area contributed by atoms with Crippen molar-refractivity contribution in [1.82, 2.24) is 10.3 Å². The summed E-state index contributed by atoms with van der Waals surface area (Å²) in [5, 5.41) is 12.8. The van der Waals surface area contributed by atoms with Gasteiger partial charge in [0.2, 0.25) is 0 Å². The van der Waals surface area contributed by atoms with Crippen LogP contribution >= 0.6 is 0 Å². The average molecular weight is 517 g/mol. The first-order chi connectivity index (χ1) is 17.8. The predicted octanol–water partition coefficient (Wildman–Crippen LogP) is 2.53. The Balaban J connectivity index is 1.76. The number of esters is 1. The van der Waals surface area contributed by atoms with Crippen LogP contribution in [0, 0.1) is 5.92 Å². The molecule has 0 saturated carbocycles. The number of aromatic nitrogens is 1. The van der Waals surface area contributed by atoms with Crippen molar-refractivity contribution in [3.8, 4) is 11.5 Å². The van der Waals surface area contributed by atoms with Crippen LogP contribution in [0.4, 0.5) is 0 Å². The lowest BCUT2D eigenvalue weighted by Crippen LogP contribution is -2.46. The molecule has 0 bridgehead atoms. The van der Waals surface area contributed by atoms with E-state index in [2.05, 4.69) is 10.3 Å². The summed E-state index contributed by atoms with van der Waals surface area (Å²) < 4.78 is 28.3. The smallest absolute Gasteiger partial charge is 0.331 e. The first-order valence-corrected chi connectivity index (χ1v) is 12.3. The first-order valence-electron chi connectivity index (χ1n) is 12.3. The Labute approximate surface area is 217 Å². The van der Waals surface area contributed by atoms with Crippen molar-refractivity contribution in [3.05, 3.63) is 53.9 Å². The molecule has 1 aliphatic heterocycles. The lowest BCUT2D eigenvalue weighted by molar-refractivity contribution is -0.160. The molecule has 2 heterocycles. The Morgan fingerprint density at radius 1 is 1.22 bits per heavy atom. The number of rotatable bonds is 10. The van der Waals surface area contributed by atoms with Crippen molar-refractivity contribution in [1.29, 1.82) is 0 Å². The molecule has 2 aromatic rings. The van der Waals surface area contributed by atoms with Gasteiger partial charge in [-0.3, -0.25) is 4.79 Å². The second-order valence-corrected chi connectivity index (χ2v) is 9.04. The van der Waals surface area contributed by atoms with Crippen LogP contribution in [0.25, 0.3) is 0 Å². The number of pyridine rings is 1. The molecule has 202 valence electrons. The van der Waals surface area contributed by atoms with E-state index in [-0.39, 0.29) is 36.7 Å². The van der Waals surface area contributed by atoms with Crippen molar-refractivity contribution in [3.63, 3.8) is 0 Å². The number of methoxy groups -OCH3 is 2. The van der Waals surface area contributed by atoms with Gasteiger partial charge < -0.3 is 34.1 Å². The number of nitrogens with zero attached hydrogens (tertiary/aromatic N) is 1. The largest absolute Gasteiger partial charge is 0.503 e. The summed E-state index contributed by atoms with van der Waals surface area (Å²) in [6, 6.07) is 10.3. The number of aromatic hydroxyl groups is 1. The molecule has 0 radical (unpaired) electrons. The number of nitrogens with one attached hydrogen (secondary N) is 1. The summed E-state index contributed by atoms with van der Waals surface area (Å²) in [7, 11) is 3.01. The van der Waals surface area contributed by atoms with Crippen LogP contribution in [-0.2, 0) is 30.2 Å². The summed E-state index contributed by atoms with van der Waals surface area (Å²) in [5.74, 6) is -1.86. The van der Waals surface area contributed by atoms with Crippen LogP contribution in [0.1, 0.15) is 36.3 Å². The molecule has 1 unspecified atom stereocenters. The highest BCUT2D eigenvalue weighted by atomic mass is 16.6. The van der Waals surface area contributed by atoms with Crippen LogP contribution in [0.2, 0.25) is 0 Å². The van der Waals surface area contributed by atoms with Crippen LogP contribution in [-0.4, -0.2) is 80.4 Å². The van der Waals surface area contributed by atoms with Gasteiger partial charge in [0.15, 0.2) is 23.2 Å². The van der Waals surface area contributed by atoms with E-state index in [1.807, 2.05) is 37.3 Å². The molecule has 37 heavy (non-hydrogen) atoms. The Morgan fingerprint density at radius 3 is 2.68 bits per heavy atom. The molecular weight excluding hydrogens is 480 g/mol. The van der Waals surface area contributed by atoms with Gasteiger partial charge in [-0.2, -0.15) is 0 Å². The zero-order valence-corrected chi connectivity index (χ0v) is 21.7. The molecule has 0 aliphatic carbocycles. The average Bonchev–Trinajstić information content (AvgIpc) is 2.94. The van der Waals surface area contributed by atoms with Crippen molar-refractivity contribution in [2.45, 2.75) is 51.0 Å². The van der Waals surface area contributed by atoms with Gasteiger partial charge >= 0.3 is 5.97 Å². The predicted molar refractivity (Wildman–Crippen MR) is 135 cm³/mol. The molecule has 1 amide bonds. The highest BCUT2D eigenvalue weighted by Crippen LogP contribution is 2.28. The molecule has 1 aromatic carbocycles. The number of ether oxygens (including phenoxy) is 5. The van der Waals surface area contributed by atoms with Gasteiger partial charge in [0.05, 0.1) is 32.5 Å². The zero-order chi connectivity index (χ0) is 26.8. The maximum Gasteiger partial charge on any atom is 0.331 e. The van der Waals surface area contributed by atoms with Gasteiger partial charge in [-0.1, -0.05) is 30.3 Å². The van der Waals surface area contributed by atoms with Gasteiger partial charge in [-0.25, -0.2) is 9.78 Å². The van der Waals surface area contributed by atoms with Crippen molar-refractivity contribution in [2.24, 2.45) is 5.92 Å². The van der Waals surface area contributed by atoms with Crippen LogP contribution in [0.5, 0.6) is 11.5 Å². The minimum atomic E-state index is -1.10. The van der Waals surface area contributed by atoms with E-state index >= 15 is 0 Å². The van der Waals surface area contributed by atoms with E-state index in [0.29, 0.717) is 19.4 Å². The maximum atomic E-state index is 13.0. The first kappa shape index (κ1) is 28.4. The summed E-state index contributed by atoms with van der Waals surface area (Å²) in [4.78, 5) is 29.8. The van der Waals surface area contributed by atoms with Crippen LogP contribution < -0.4 is 10.1 Å². The number of carbonyl (C=O) groups is 2. The molecule has 2 N–H and O–H groups in total. The van der Waals surface area contributed by atoms with Crippen LogP contribution in [0.3, 0.4) is 0 Å². The Hall–Kier alpha value is -3.21. The minimum absolute atomic E-state index is 0.0271. The zero-order valence-electron chi connectivity index (χ0n) is 21.7. The van der Waals surface area contributed by atoms with Gasteiger partial charge in [0.25, 0.3) is 5.91 Å². The number of carbonyl (C=O) groups excluding carboxylic acids is 2. The van der Waals surface area contributed by atoms with Gasteiger partial charge in [-0.05, 0) is 32.3 Å². The number of cyclic esters (lactones) is 1. The minimum Gasteiger partial charge on any atom is -0.503 e. The fraction of sp³-hybridized carbons (Fsp3) is 0.519. The molecule has 10 heteroatoms. The number of amides is 1. The molecule has 1 aromatic heterocycles. The molecule has 10 nitrogen and oxygen atoms in total. The Bertz CT molecular complexity index is 1020. The summed E-state index contributed by atoms with van der Waals surface area (Å²) >= 11 is 0. The third-order valence-corrected chi connectivity index (χ3v) is 6.34. The second kappa shape index (κ2) is 13.9. The lowest BCUT2D eigenvalue weighted by atomic mass is 9.91. The lowest BCUT2D eigenvalue weighted by Gasteiger charge is -2.31. The molecule has 1 aliphatic rings. The highest BCUT2D eigenvalue weighted by molar-refractivity contribution is 5.98. The van der Waals surface area contributed by atoms with Gasteiger partial charge in [0.1, 0.15) is 6.10 Å². The quantitative estimate of drug-likeness (QED) is 0.458. The van der Waals surface area contributed by atoms with Gasteiger partial charge in [-0.15, -0.1) is 0 Å². The molecule has 0 spiro atoms. The topological polar surface area (TPSA) is 125 Å². The highest BCUT2D eigenvalue weighted by Gasteiger charge is 2.36. The summed E-state index contributed by atoms with van der Waals surface area (Å²) in [6.07, 6.45) is 1.65. The standard InChI is InChI=1S/C27H36N2O8/c1-17(33-3)11-13-36-25-18(2)37-27(32)21(16-35-15-20(25)14-19-8-6-5-7-9-19)29-26(31)23-24(30)22(34-4)10-12-28-23/h5-10,12,17-18,20-21,25,30H,11,13-16H2,1-4H3,(H,29,31)/t17?,18-,20-,21-,25-/m0/s1. The van der Waals surface area contributed by atoms with Crippen LogP contribution in [0.15, 0.2) is 42.6 Å². The third kappa shape index (κ3) is 7.88. The molecule has 1 saturated heterocycles. The monoisotopic (exact) mass is 516 g/mol. The Morgan fingerprint density at radius 2 is 1.97 bits per heavy atom. The summed E-state index contributed by atoms with van der Waals surface area (Å²) in [5.41, 5.74) is 0.840. The molecule has 1 fully saturated rings. The summed E-state index contributed by atoms with van der Waals surface area (Å²) in [6.45, 7) is 4.34. The third-order valence-electron chi connectivity index (χ3n) is 6.34. The second-order valence-electron chi connectivity index (χ2n) is 9.04. The fourth-order valence-electron chi connectivity index (χ4n) is 4.16. The van der Waals surface area contributed by atoms with E-state index < -0.39 is 35.9 Å². The molecule has 3 rings (SSSR count). The van der Waals surface area contributed by atoms with Crippen molar-refractivity contribution in [2.75, 3.05) is 34.0 Å². The number of benzene rings is 1. The van der Waals surface area contributed by atoms with E-state index in [1.165, 1.54) is 19.4 Å². The Kier molecular flexibility index (Phi) is 10.7. The number of hydrogen-bond acceptors (Lipinski definition) is 9. The van der Waals surface area contributed by atoms with Gasteiger partial charge in [0, 0.05) is 31.9 Å². The van der Waals surface area contributed by atoms with Crippen molar-refractivity contribution >= 4 is 11.9 Å². The SMILES string of the molecule is COc1ccnc(C(=O)N[C@H]2COC[C@H](Cc3ccccc3)[C@@H](OCCC(C)OC)[C@H](C)OC2=O)c1O.